The van der Waals surface area contributed by atoms with E-state index in [2.05, 4.69) is 19.2 Å². The number of nitrogens with zero attached hydrogens (tertiary/aromatic N) is 2. The van der Waals surface area contributed by atoms with Crippen LogP contribution in [0, 0.1) is 0 Å². The molecule has 0 aliphatic carbocycles. The minimum Gasteiger partial charge on any atom is -0.385 e. The van der Waals surface area contributed by atoms with Gasteiger partial charge in [0, 0.05) is 20.3 Å². The van der Waals surface area contributed by atoms with Crippen LogP contribution in [0.2, 0.25) is 0 Å². The second-order valence-corrected chi connectivity index (χ2v) is 8.19. The molecule has 1 amide bonds. The standard InChI is InChI=1S/C23H27N3O3S/c1-16(2)17-9-5-7-12-20(17)26-22(28)18-10-4-6-11-19(18)25-23(26)30-15-21(27)24-13-8-14-29-3/h4-7,9-12,16H,8,13-15H2,1-3H3,(H,24,27). The number of carbonyl (C=O) groups excluding carboxylic acids is 1. The minimum atomic E-state index is -0.128. The number of para-hydroxylation sites is 2. The highest BCUT2D eigenvalue weighted by atomic mass is 32.2. The van der Waals surface area contributed by atoms with E-state index in [0.717, 1.165) is 17.7 Å². The second kappa shape index (κ2) is 10.4. The van der Waals surface area contributed by atoms with Crippen molar-refractivity contribution in [1.82, 2.24) is 14.9 Å². The van der Waals surface area contributed by atoms with Crippen LogP contribution in [0.4, 0.5) is 0 Å². The van der Waals surface area contributed by atoms with Gasteiger partial charge in [-0.2, -0.15) is 0 Å². The number of amides is 1. The maximum atomic E-state index is 13.4. The van der Waals surface area contributed by atoms with Crippen molar-refractivity contribution in [2.75, 3.05) is 26.0 Å². The molecule has 0 unspecified atom stereocenters. The van der Waals surface area contributed by atoms with Crippen LogP contribution in [0.15, 0.2) is 58.5 Å². The number of nitrogens with one attached hydrogen (secondary N) is 1. The Morgan fingerprint density at radius 3 is 2.67 bits per heavy atom. The number of carbonyl (C=O) groups is 1. The van der Waals surface area contributed by atoms with E-state index in [1.807, 2.05) is 42.5 Å². The molecule has 0 aliphatic heterocycles. The summed E-state index contributed by atoms with van der Waals surface area (Å²) in [5.41, 5.74) is 2.36. The Kier molecular flexibility index (Phi) is 7.65. The summed E-state index contributed by atoms with van der Waals surface area (Å²) in [6, 6.07) is 15.2. The third-order valence-electron chi connectivity index (χ3n) is 4.72. The van der Waals surface area contributed by atoms with Crippen LogP contribution in [-0.2, 0) is 9.53 Å². The molecule has 0 saturated carbocycles. The smallest absolute Gasteiger partial charge is 0.266 e. The lowest BCUT2D eigenvalue weighted by atomic mass is 10.0. The van der Waals surface area contributed by atoms with Gasteiger partial charge in [-0.3, -0.25) is 14.2 Å². The Morgan fingerprint density at radius 1 is 1.17 bits per heavy atom. The summed E-state index contributed by atoms with van der Waals surface area (Å²) < 4.78 is 6.64. The molecule has 2 aromatic carbocycles. The van der Waals surface area contributed by atoms with Crippen LogP contribution in [-0.4, -0.2) is 41.5 Å². The minimum absolute atomic E-state index is 0.0952. The summed E-state index contributed by atoms with van der Waals surface area (Å²) in [5, 5.41) is 3.95. The van der Waals surface area contributed by atoms with Crippen molar-refractivity contribution in [3.63, 3.8) is 0 Å². The lowest BCUT2D eigenvalue weighted by Crippen LogP contribution is -2.28. The van der Waals surface area contributed by atoms with E-state index in [0.29, 0.717) is 29.2 Å². The third-order valence-corrected chi connectivity index (χ3v) is 5.66. The average Bonchev–Trinajstić information content (AvgIpc) is 2.75. The fourth-order valence-corrected chi connectivity index (χ4v) is 4.06. The van der Waals surface area contributed by atoms with Gasteiger partial charge >= 0.3 is 0 Å². The van der Waals surface area contributed by atoms with E-state index in [4.69, 9.17) is 9.72 Å². The van der Waals surface area contributed by atoms with Gasteiger partial charge < -0.3 is 10.1 Å². The van der Waals surface area contributed by atoms with Crippen LogP contribution in [0.1, 0.15) is 31.7 Å². The summed E-state index contributed by atoms with van der Waals surface area (Å²) >= 11 is 1.27. The number of thioether (sulfide) groups is 1. The van der Waals surface area contributed by atoms with Crippen molar-refractivity contribution < 1.29 is 9.53 Å². The normalized spacial score (nSPS) is 11.2. The first-order valence-corrected chi connectivity index (χ1v) is 11.0. The van der Waals surface area contributed by atoms with Gasteiger partial charge in [0.05, 0.1) is 22.3 Å². The number of hydrogen-bond acceptors (Lipinski definition) is 5. The zero-order valence-corrected chi connectivity index (χ0v) is 18.4. The quantitative estimate of drug-likeness (QED) is 0.321. The largest absolute Gasteiger partial charge is 0.385 e. The van der Waals surface area contributed by atoms with E-state index in [1.165, 1.54) is 11.8 Å². The topological polar surface area (TPSA) is 73.2 Å². The molecule has 0 atom stereocenters. The molecule has 0 radical (unpaired) electrons. The van der Waals surface area contributed by atoms with Crippen molar-refractivity contribution in [2.24, 2.45) is 0 Å². The Bertz CT molecular complexity index is 1080. The van der Waals surface area contributed by atoms with Crippen molar-refractivity contribution in [1.29, 1.82) is 0 Å². The second-order valence-electron chi connectivity index (χ2n) is 7.25. The lowest BCUT2D eigenvalue weighted by molar-refractivity contribution is -0.118. The highest BCUT2D eigenvalue weighted by Crippen LogP contribution is 2.27. The Balaban J connectivity index is 1.98. The predicted molar refractivity (Wildman–Crippen MR) is 122 cm³/mol. The van der Waals surface area contributed by atoms with E-state index >= 15 is 0 Å². The molecular weight excluding hydrogens is 398 g/mol. The van der Waals surface area contributed by atoms with Crippen LogP contribution >= 0.6 is 11.8 Å². The SMILES string of the molecule is COCCCNC(=O)CSc1nc2ccccc2c(=O)n1-c1ccccc1C(C)C. The van der Waals surface area contributed by atoms with Gasteiger partial charge in [-0.05, 0) is 36.1 Å². The van der Waals surface area contributed by atoms with E-state index in [9.17, 15) is 9.59 Å². The summed E-state index contributed by atoms with van der Waals surface area (Å²) in [5.74, 6) is 0.324. The van der Waals surface area contributed by atoms with Crippen LogP contribution in [0.5, 0.6) is 0 Å². The van der Waals surface area contributed by atoms with E-state index in [-0.39, 0.29) is 23.1 Å². The summed E-state index contributed by atoms with van der Waals surface area (Å²) in [6.45, 7) is 5.35. The molecule has 1 heterocycles. The molecule has 3 aromatic rings. The maximum Gasteiger partial charge on any atom is 0.266 e. The first-order chi connectivity index (χ1) is 14.5. The van der Waals surface area contributed by atoms with Crippen LogP contribution < -0.4 is 10.9 Å². The van der Waals surface area contributed by atoms with Gasteiger partial charge in [0.25, 0.3) is 5.56 Å². The van der Waals surface area contributed by atoms with Crippen LogP contribution in [0.3, 0.4) is 0 Å². The fraction of sp³-hybridized carbons (Fsp3) is 0.348. The summed E-state index contributed by atoms with van der Waals surface area (Å²) in [7, 11) is 1.64. The molecule has 0 bridgehead atoms. The van der Waals surface area contributed by atoms with Crippen molar-refractivity contribution >= 4 is 28.6 Å². The molecule has 1 aromatic heterocycles. The molecule has 1 N–H and O–H groups in total. The first-order valence-electron chi connectivity index (χ1n) is 10.0. The Morgan fingerprint density at radius 2 is 1.90 bits per heavy atom. The number of methoxy groups -OCH3 is 1. The highest BCUT2D eigenvalue weighted by Gasteiger charge is 2.17. The van der Waals surface area contributed by atoms with E-state index in [1.54, 1.807) is 17.7 Å². The van der Waals surface area contributed by atoms with Gasteiger partial charge in [-0.15, -0.1) is 0 Å². The zero-order chi connectivity index (χ0) is 21.5. The van der Waals surface area contributed by atoms with Crippen molar-refractivity contribution in [3.05, 3.63) is 64.4 Å². The summed E-state index contributed by atoms with van der Waals surface area (Å²) in [6.07, 6.45) is 0.758. The van der Waals surface area contributed by atoms with E-state index < -0.39 is 0 Å². The van der Waals surface area contributed by atoms with Crippen molar-refractivity contribution in [2.45, 2.75) is 31.3 Å². The molecule has 0 saturated heterocycles. The predicted octanol–water partition coefficient (Wildman–Crippen LogP) is 3.75. The lowest BCUT2D eigenvalue weighted by Gasteiger charge is -2.18. The Hall–Kier alpha value is -2.64. The van der Waals surface area contributed by atoms with Gasteiger partial charge in [0.1, 0.15) is 0 Å². The van der Waals surface area contributed by atoms with Crippen LogP contribution in [0.25, 0.3) is 16.6 Å². The summed E-state index contributed by atoms with van der Waals surface area (Å²) in [4.78, 5) is 30.4. The zero-order valence-electron chi connectivity index (χ0n) is 17.6. The highest BCUT2D eigenvalue weighted by molar-refractivity contribution is 7.99. The van der Waals surface area contributed by atoms with Gasteiger partial charge in [0.15, 0.2) is 5.16 Å². The molecule has 0 spiro atoms. The first kappa shape index (κ1) is 22.1. The molecule has 0 aliphatic rings. The van der Waals surface area contributed by atoms with Gasteiger partial charge in [0.2, 0.25) is 5.91 Å². The van der Waals surface area contributed by atoms with Gasteiger partial charge in [-0.25, -0.2) is 4.98 Å². The molecule has 6 nitrogen and oxygen atoms in total. The Labute approximate surface area is 180 Å². The monoisotopic (exact) mass is 425 g/mol. The van der Waals surface area contributed by atoms with Gasteiger partial charge in [-0.1, -0.05) is 55.9 Å². The molecule has 0 fully saturated rings. The third kappa shape index (κ3) is 5.09. The number of fused-ring (bicyclic) bond motifs is 1. The molecule has 30 heavy (non-hydrogen) atoms. The molecule has 158 valence electrons. The molecular formula is C23H27N3O3S. The number of benzene rings is 2. The van der Waals surface area contributed by atoms with Crippen molar-refractivity contribution in [3.8, 4) is 5.69 Å². The fourth-order valence-electron chi connectivity index (χ4n) is 3.23. The number of hydrogen-bond donors (Lipinski definition) is 1. The number of ether oxygens (including phenoxy) is 1. The number of rotatable bonds is 9. The maximum absolute atomic E-state index is 13.4. The molecule has 3 rings (SSSR count). The average molecular weight is 426 g/mol. The number of aromatic nitrogens is 2. The molecule has 7 heteroatoms.